The monoisotopic (exact) mass is 401 g/mol. The Morgan fingerprint density at radius 3 is 2.58 bits per heavy atom. The molecule has 0 unspecified atom stereocenters. The van der Waals surface area contributed by atoms with Gasteiger partial charge in [0.1, 0.15) is 5.75 Å². The molecular formula is C17H23NO6S2. The van der Waals surface area contributed by atoms with Crippen LogP contribution >= 0.6 is 11.8 Å². The molecule has 0 spiro atoms. The summed E-state index contributed by atoms with van der Waals surface area (Å²) < 4.78 is 33.3. The Morgan fingerprint density at radius 1 is 1.31 bits per heavy atom. The Labute approximate surface area is 157 Å². The summed E-state index contributed by atoms with van der Waals surface area (Å²) in [5, 5.41) is 2.62. The fourth-order valence-corrected chi connectivity index (χ4v) is 4.81. The van der Waals surface area contributed by atoms with E-state index in [9.17, 15) is 18.0 Å². The number of benzene rings is 1. The van der Waals surface area contributed by atoms with Crippen LogP contribution < -0.4 is 10.1 Å². The quantitative estimate of drug-likeness (QED) is 0.519. The first-order chi connectivity index (χ1) is 12.3. The molecule has 1 aromatic rings. The molecule has 0 radical (unpaired) electrons. The number of carbonyl (C=O) groups excluding carboxylic acids is 2. The third-order valence-electron chi connectivity index (χ3n) is 3.75. The van der Waals surface area contributed by atoms with Crippen molar-refractivity contribution < 1.29 is 27.5 Å². The van der Waals surface area contributed by atoms with E-state index in [1.165, 1.54) is 18.7 Å². The molecule has 1 heterocycles. The second-order valence-electron chi connectivity index (χ2n) is 5.93. The number of nitrogens with one attached hydrogen (secondary N) is 1. The van der Waals surface area contributed by atoms with E-state index >= 15 is 0 Å². The van der Waals surface area contributed by atoms with Crippen molar-refractivity contribution in [3.63, 3.8) is 0 Å². The van der Waals surface area contributed by atoms with Gasteiger partial charge in [0, 0.05) is 10.9 Å². The van der Waals surface area contributed by atoms with E-state index in [0.29, 0.717) is 13.0 Å². The molecule has 1 aliphatic rings. The summed E-state index contributed by atoms with van der Waals surface area (Å²) in [4.78, 5) is 24.8. The van der Waals surface area contributed by atoms with E-state index in [1.54, 1.807) is 0 Å². The number of amides is 1. The highest BCUT2D eigenvalue weighted by Gasteiger charge is 2.30. The van der Waals surface area contributed by atoms with Gasteiger partial charge in [0.2, 0.25) is 0 Å². The van der Waals surface area contributed by atoms with Gasteiger partial charge in [0.25, 0.3) is 5.91 Å². The summed E-state index contributed by atoms with van der Waals surface area (Å²) in [7, 11) is -3.07. The molecule has 1 aliphatic heterocycles. The largest absolute Gasteiger partial charge is 0.494 e. The number of sulfone groups is 1. The first-order valence-corrected chi connectivity index (χ1v) is 11.2. The third kappa shape index (κ3) is 6.53. The van der Waals surface area contributed by atoms with Crippen LogP contribution in [0, 0.1) is 0 Å². The van der Waals surface area contributed by atoms with Gasteiger partial charge in [-0.05, 0) is 44.5 Å². The van der Waals surface area contributed by atoms with Gasteiger partial charge in [-0.3, -0.25) is 9.59 Å². The number of thioether (sulfide) groups is 1. The lowest BCUT2D eigenvalue weighted by Crippen LogP contribution is -2.42. The molecule has 2 rings (SSSR count). The molecule has 1 aromatic carbocycles. The fourth-order valence-electron chi connectivity index (χ4n) is 2.45. The van der Waals surface area contributed by atoms with E-state index in [4.69, 9.17) is 9.47 Å². The summed E-state index contributed by atoms with van der Waals surface area (Å²) >= 11 is 1.30. The van der Waals surface area contributed by atoms with Gasteiger partial charge in [0.05, 0.1) is 23.9 Å². The Morgan fingerprint density at radius 2 is 2.00 bits per heavy atom. The van der Waals surface area contributed by atoms with Crippen LogP contribution in [0.5, 0.6) is 5.75 Å². The Hall–Kier alpha value is -1.74. The molecule has 9 heteroatoms. The van der Waals surface area contributed by atoms with Crippen LogP contribution in [0.25, 0.3) is 0 Å². The molecule has 0 aromatic heterocycles. The van der Waals surface area contributed by atoms with Gasteiger partial charge < -0.3 is 14.8 Å². The van der Waals surface area contributed by atoms with Crippen molar-refractivity contribution in [2.75, 3.05) is 23.9 Å². The molecule has 1 saturated heterocycles. The van der Waals surface area contributed by atoms with E-state index < -0.39 is 33.9 Å². The number of rotatable bonds is 8. The lowest BCUT2D eigenvalue weighted by Gasteiger charge is -2.16. The molecule has 1 N–H and O–H groups in total. The number of esters is 1. The highest BCUT2D eigenvalue weighted by Crippen LogP contribution is 2.21. The SMILES string of the molecule is CCOc1ccc(SCC(=O)O[C@H](C)C(=O)N[C@H]2CCS(=O)(=O)C2)cc1. The maximum atomic E-state index is 12.0. The smallest absolute Gasteiger partial charge is 0.317 e. The van der Waals surface area contributed by atoms with E-state index in [0.717, 1.165) is 10.6 Å². The molecule has 1 fully saturated rings. The minimum Gasteiger partial charge on any atom is -0.494 e. The van der Waals surface area contributed by atoms with Crippen LogP contribution in [0.3, 0.4) is 0 Å². The summed E-state index contributed by atoms with van der Waals surface area (Å²) in [5.41, 5.74) is 0. The predicted octanol–water partition coefficient (Wildman–Crippen LogP) is 1.41. The minimum absolute atomic E-state index is 0.0625. The van der Waals surface area contributed by atoms with E-state index in [1.807, 2.05) is 31.2 Å². The summed E-state index contributed by atoms with van der Waals surface area (Å²) in [5.74, 6) is -0.142. The molecule has 0 saturated carbocycles. The maximum absolute atomic E-state index is 12.0. The van der Waals surface area contributed by atoms with Crippen LogP contribution in [-0.4, -0.2) is 56.3 Å². The van der Waals surface area contributed by atoms with Crippen molar-refractivity contribution in [1.29, 1.82) is 0 Å². The highest BCUT2D eigenvalue weighted by atomic mass is 32.2. The number of carbonyl (C=O) groups is 2. The molecular weight excluding hydrogens is 378 g/mol. The molecule has 2 atom stereocenters. The zero-order valence-corrected chi connectivity index (χ0v) is 16.4. The van der Waals surface area contributed by atoms with Crippen molar-refractivity contribution in [1.82, 2.24) is 5.32 Å². The van der Waals surface area contributed by atoms with Crippen molar-refractivity contribution in [2.24, 2.45) is 0 Å². The Balaban J connectivity index is 1.73. The second kappa shape index (κ2) is 9.27. The van der Waals surface area contributed by atoms with Gasteiger partial charge in [-0.25, -0.2) is 8.42 Å². The standard InChI is InChI=1S/C17H23NO6S2/c1-3-23-14-4-6-15(7-5-14)25-10-16(19)24-12(2)17(20)18-13-8-9-26(21,22)11-13/h4-7,12-13H,3,8-11H2,1-2H3,(H,18,20)/t12-,13+/m1/s1. The average Bonchev–Trinajstić information content (AvgIpc) is 2.93. The molecule has 1 amide bonds. The normalized spacial score (nSPS) is 19.5. The van der Waals surface area contributed by atoms with Crippen LogP contribution in [0.1, 0.15) is 20.3 Å². The van der Waals surface area contributed by atoms with Crippen molar-refractivity contribution in [3.8, 4) is 5.75 Å². The topological polar surface area (TPSA) is 98.8 Å². The van der Waals surface area contributed by atoms with Crippen molar-refractivity contribution >= 4 is 33.5 Å². The molecule has 0 bridgehead atoms. The average molecular weight is 402 g/mol. The van der Waals surface area contributed by atoms with E-state index in [2.05, 4.69) is 5.32 Å². The van der Waals surface area contributed by atoms with Gasteiger partial charge in [-0.15, -0.1) is 11.8 Å². The number of hydrogen-bond acceptors (Lipinski definition) is 7. The van der Waals surface area contributed by atoms with Crippen LogP contribution in [0.2, 0.25) is 0 Å². The summed E-state index contributed by atoms with van der Waals surface area (Å²) in [6.45, 7) is 3.96. The fraction of sp³-hybridized carbons (Fsp3) is 0.529. The van der Waals surface area contributed by atoms with Gasteiger partial charge >= 0.3 is 5.97 Å². The lowest BCUT2D eigenvalue weighted by molar-refractivity contribution is -0.152. The Kier molecular flexibility index (Phi) is 7.33. The zero-order chi connectivity index (χ0) is 19.2. The third-order valence-corrected chi connectivity index (χ3v) is 6.50. The maximum Gasteiger partial charge on any atom is 0.317 e. The van der Waals surface area contributed by atoms with Crippen LogP contribution in [0.15, 0.2) is 29.2 Å². The van der Waals surface area contributed by atoms with Crippen molar-refractivity contribution in [2.45, 2.75) is 37.3 Å². The van der Waals surface area contributed by atoms with Gasteiger partial charge in [0.15, 0.2) is 15.9 Å². The lowest BCUT2D eigenvalue weighted by atomic mass is 10.2. The van der Waals surface area contributed by atoms with Gasteiger partial charge in [-0.2, -0.15) is 0 Å². The summed E-state index contributed by atoms with van der Waals surface area (Å²) in [6, 6.07) is 6.93. The van der Waals surface area contributed by atoms with Crippen LogP contribution in [0.4, 0.5) is 0 Å². The second-order valence-corrected chi connectivity index (χ2v) is 9.21. The first-order valence-electron chi connectivity index (χ1n) is 8.35. The highest BCUT2D eigenvalue weighted by molar-refractivity contribution is 8.00. The minimum atomic E-state index is -3.07. The van der Waals surface area contributed by atoms with Crippen LogP contribution in [-0.2, 0) is 24.2 Å². The molecule has 26 heavy (non-hydrogen) atoms. The molecule has 0 aliphatic carbocycles. The van der Waals surface area contributed by atoms with E-state index in [-0.39, 0.29) is 17.3 Å². The Bertz CT molecular complexity index is 732. The van der Waals surface area contributed by atoms with Crippen molar-refractivity contribution in [3.05, 3.63) is 24.3 Å². The number of ether oxygens (including phenoxy) is 2. The molecule has 7 nitrogen and oxygen atoms in total. The first kappa shape index (κ1) is 20.6. The van der Waals surface area contributed by atoms with Gasteiger partial charge in [-0.1, -0.05) is 0 Å². The predicted molar refractivity (Wildman–Crippen MR) is 99.1 cm³/mol. The zero-order valence-electron chi connectivity index (χ0n) is 14.8. The number of hydrogen-bond donors (Lipinski definition) is 1. The molecule has 144 valence electrons. The summed E-state index contributed by atoms with van der Waals surface area (Å²) in [6.07, 6.45) is -0.575.